The number of carbonyl (C=O) groups excluding carboxylic acids is 1. The third-order valence-electron chi connectivity index (χ3n) is 5.63. The number of rotatable bonds is 5. The van der Waals surface area contributed by atoms with Crippen LogP contribution < -0.4 is 14.8 Å². The molecule has 0 spiro atoms. The molecular weight excluding hydrogens is 382 g/mol. The highest BCUT2D eigenvalue weighted by Crippen LogP contribution is 2.32. The fraction of sp³-hybridized carbons (Fsp3) is 0.632. The van der Waals surface area contributed by atoms with Gasteiger partial charge >= 0.3 is 0 Å². The summed E-state index contributed by atoms with van der Waals surface area (Å²) < 4.78 is 39.5. The van der Waals surface area contributed by atoms with Crippen molar-refractivity contribution in [3.63, 3.8) is 0 Å². The number of amides is 1. The SMILES string of the molecule is O=C(NCc1ccc2c(c1)OCO2)C1CCCN(S(=O)(=O)N2CCCCC2)C1. The maximum Gasteiger partial charge on any atom is 0.281 e. The summed E-state index contributed by atoms with van der Waals surface area (Å²) in [5.74, 6) is 0.975. The van der Waals surface area contributed by atoms with Crippen molar-refractivity contribution in [2.75, 3.05) is 33.0 Å². The number of benzene rings is 1. The fourth-order valence-electron chi connectivity index (χ4n) is 4.01. The Labute approximate surface area is 166 Å². The molecule has 8 nitrogen and oxygen atoms in total. The highest BCUT2D eigenvalue weighted by Gasteiger charge is 2.36. The molecule has 1 unspecified atom stereocenters. The van der Waals surface area contributed by atoms with E-state index in [1.54, 1.807) is 4.31 Å². The molecule has 4 rings (SSSR count). The minimum atomic E-state index is -3.47. The number of hydrogen-bond donors (Lipinski definition) is 1. The quantitative estimate of drug-likeness (QED) is 0.796. The van der Waals surface area contributed by atoms with Crippen molar-refractivity contribution in [1.82, 2.24) is 13.9 Å². The molecule has 1 aromatic rings. The van der Waals surface area contributed by atoms with Crippen molar-refractivity contribution in [3.8, 4) is 11.5 Å². The summed E-state index contributed by atoms with van der Waals surface area (Å²) in [4.78, 5) is 12.7. The summed E-state index contributed by atoms with van der Waals surface area (Å²) >= 11 is 0. The van der Waals surface area contributed by atoms with Crippen molar-refractivity contribution in [2.24, 2.45) is 5.92 Å². The second-order valence-corrected chi connectivity index (χ2v) is 9.50. The minimum Gasteiger partial charge on any atom is -0.454 e. The molecule has 3 aliphatic rings. The Hall–Kier alpha value is -1.84. The van der Waals surface area contributed by atoms with Crippen LogP contribution in [0.1, 0.15) is 37.7 Å². The topological polar surface area (TPSA) is 88.2 Å². The lowest BCUT2D eigenvalue weighted by Crippen LogP contribution is -2.51. The third-order valence-corrected chi connectivity index (χ3v) is 7.63. The summed E-state index contributed by atoms with van der Waals surface area (Å²) in [6.45, 7) is 2.51. The summed E-state index contributed by atoms with van der Waals surface area (Å²) in [6.07, 6.45) is 4.31. The highest BCUT2D eigenvalue weighted by atomic mass is 32.2. The first-order valence-electron chi connectivity index (χ1n) is 9.95. The molecule has 3 aliphatic heterocycles. The van der Waals surface area contributed by atoms with E-state index in [-0.39, 0.29) is 25.2 Å². The number of nitrogens with one attached hydrogen (secondary N) is 1. The van der Waals surface area contributed by atoms with Crippen LogP contribution in [0.3, 0.4) is 0 Å². The van der Waals surface area contributed by atoms with Crippen LogP contribution in [0.2, 0.25) is 0 Å². The Balaban J connectivity index is 1.34. The summed E-state index contributed by atoms with van der Waals surface area (Å²) in [6, 6.07) is 5.58. The Morgan fingerprint density at radius 1 is 1.04 bits per heavy atom. The second-order valence-electron chi connectivity index (χ2n) is 7.57. The molecule has 0 saturated carbocycles. The Morgan fingerprint density at radius 2 is 1.79 bits per heavy atom. The predicted molar refractivity (Wildman–Crippen MR) is 103 cm³/mol. The van der Waals surface area contributed by atoms with Crippen molar-refractivity contribution in [1.29, 1.82) is 0 Å². The van der Waals surface area contributed by atoms with Gasteiger partial charge in [0.1, 0.15) is 0 Å². The predicted octanol–water partition coefficient (Wildman–Crippen LogP) is 1.47. The van der Waals surface area contributed by atoms with Crippen LogP contribution in [0.15, 0.2) is 18.2 Å². The van der Waals surface area contributed by atoms with Gasteiger partial charge < -0.3 is 14.8 Å². The van der Waals surface area contributed by atoms with Gasteiger partial charge in [-0.2, -0.15) is 17.0 Å². The van der Waals surface area contributed by atoms with E-state index in [0.29, 0.717) is 50.5 Å². The second kappa shape index (κ2) is 8.26. The first-order valence-corrected chi connectivity index (χ1v) is 11.4. The molecular formula is C19H27N3O5S. The van der Waals surface area contributed by atoms with E-state index < -0.39 is 10.2 Å². The van der Waals surface area contributed by atoms with E-state index in [9.17, 15) is 13.2 Å². The van der Waals surface area contributed by atoms with Crippen molar-refractivity contribution < 1.29 is 22.7 Å². The molecule has 9 heteroatoms. The Kier molecular flexibility index (Phi) is 5.75. The number of nitrogens with zero attached hydrogens (tertiary/aromatic N) is 2. The normalized spacial score (nSPS) is 23.5. The van der Waals surface area contributed by atoms with E-state index in [1.807, 2.05) is 18.2 Å². The average Bonchev–Trinajstić information content (AvgIpc) is 3.20. The molecule has 1 atom stereocenters. The van der Waals surface area contributed by atoms with Gasteiger partial charge in [-0.3, -0.25) is 4.79 Å². The van der Waals surface area contributed by atoms with Crippen LogP contribution in [0.5, 0.6) is 11.5 Å². The molecule has 3 heterocycles. The lowest BCUT2D eigenvalue weighted by atomic mass is 9.98. The number of fused-ring (bicyclic) bond motifs is 1. The van der Waals surface area contributed by atoms with Crippen LogP contribution in [-0.2, 0) is 21.5 Å². The van der Waals surface area contributed by atoms with E-state index in [2.05, 4.69) is 5.32 Å². The standard InChI is InChI=1S/C19H27N3O5S/c23-19(20-12-15-6-7-17-18(11-15)27-14-26-17)16-5-4-10-22(13-16)28(24,25)21-8-2-1-3-9-21/h6-7,11,16H,1-5,8-10,12-14H2,(H,20,23). The molecule has 2 fully saturated rings. The lowest BCUT2D eigenvalue weighted by molar-refractivity contribution is -0.126. The Morgan fingerprint density at radius 3 is 2.61 bits per heavy atom. The van der Waals surface area contributed by atoms with Crippen LogP contribution in [-0.4, -0.2) is 55.9 Å². The van der Waals surface area contributed by atoms with Gasteiger partial charge in [-0.1, -0.05) is 12.5 Å². The monoisotopic (exact) mass is 409 g/mol. The average molecular weight is 410 g/mol. The van der Waals surface area contributed by atoms with E-state index in [1.165, 1.54) is 4.31 Å². The van der Waals surface area contributed by atoms with Crippen LogP contribution >= 0.6 is 0 Å². The molecule has 1 N–H and O–H groups in total. The van der Waals surface area contributed by atoms with Crippen molar-refractivity contribution in [2.45, 2.75) is 38.6 Å². The molecule has 0 radical (unpaired) electrons. The fourth-order valence-corrected chi connectivity index (χ4v) is 5.78. The van der Waals surface area contributed by atoms with Gasteiger partial charge in [-0.25, -0.2) is 0 Å². The van der Waals surface area contributed by atoms with Gasteiger partial charge in [0.2, 0.25) is 12.7 Å². The minimum absolute atomic E-state index is 0.101. The number of piperidine rings is 2. The zero-order chi connectivity index (χ0) is 19.6. The summed E-state index contributed by atoms with van der Waals surface area (Å²) in [5.41, 5.74) is 0.922. The van der Waals surface area contributed by atoms with Gasteiger partial charge in [0.15, 0.2) is 11.5 Å². The number of ether oxygens (including phenoxy) is 2. The van der Waals surface area contributed by atoms with Gasteiger partial charge in [0.05, 0.1) is 5.92 Å². The highest BCUT2D eigenvalue weighted by molar-refractivity contribution is 7.86. The molecule has 1 amide bonds. The molecule has 0 bridgehead atoms. The summed E-state index contributed by atoms with van der Waals surface area (Å²) in [7, 11) is -3.47. The molecule has 0 aromatic heterocycles. The van der Waals surface area contributed by atoms with Crippen molar-refractivity contribution >= 4 is 16.1 Å². The van der Waals surface area contributed by atoms with E-state index in [0.717, 1.165) is 24.8 Å². The van der Waals surface area contributed by atoms with Crippen molar-refractivity contribution in [3.05, 3.63) is 23.8 Å². The van der Waals surface area contributed by atoms with Gasteiger partial charge in [0.25, 0.3) is 10.2 Å². The smallest absolute Gasteiger partial charge is 0.281 e. The van der Waals surface area contributed by atoms with Gasteiger partial charge in [-0.05, 0) is 43.4 Å². The molecule has 1 aromatic carbocycles. The maximum atomic E-state index is 12.9. The Bertz CT molecular complexity index is 823. The first-order chi connectivity index (χ1) is 13.5. The number of hydrogen-bond acceptors (Lipinski definition) is 5. The first kappa shape index (κ1) is 19.5. The van der Waals surface area contributed by atoms with Crippen LogP contribution in [0.25, 0.3) is 0 Å². The van der Waals surface area contributed by atoms with Gasteiger partial charge in [0, 0.05) is 32.7 Å². The lowest BCUT2D eigenvalue weighted by Gasteiger charge is -2.36. The molecule has 28 heavy (non-hydrogen) atoms. The molecule has 0 aliphatic carbocycles. The van der Waals surface area contributed by atoms with E-state index >= 15 is 0 Å². The van der Waals surface area contributed by atoms with Crippen LogP contribution in [0.4, 0.5) is 0 Å². The summed E-state index contributed by atoms with van der Waals surface area (Å²) in [5, 5.41) is 2.94. The van der Waals surface area contributed by atoms with E-state index in [4.69, 9.17) is 9.47 Å². The zero-order valence-corrected chi connectivity index (χ0v) is 16.7. The zero-order valence-electron chi connectivity index (χ0n) is 15.9. The van der Waals surface area contributed by atoms with Gasteiger partial charge in [-0.15, -0.1) is 0 Å². The molecule has 154 valence electrons. The third kappa shape index (κ3) is 4.11. The van der Waals surface area contributed by atoms with Crippen LogP contribution in [0, 0.1) is 5.92 Å². The number of carbonyl (C=O) groups is 1. The largest absolute Gasteiger partial charge is 0.454 e. The molecule has 2 saturated heterocycles. The maximum absolute atomic E-state index is 12.9.